The number of aliphatic hydroxyl groups excluding tert-OH is 1. The maximum absolute atomic E-state index is 13.3. The smallest absolute Gasteiger partial charge is 0.317 e. The van der Waals surface area contributed by atoms with Crippen LogP contribution < -0.4 is 0 Å². The molecule has 3 nitrogen and oxygen atoms in total. The number of carbonyl (C=O) groups excluding carboxylic acids is 1. The van der Waals surface area contributed by atoms with Gasteiger partial charge < -0.3 is 9.84 Å². The largest absolute Gasteiger partial charge is 0.430 e. The van der Waals surface area contributed by atoms with Gasteiger partial charge in [0.25, 0.3) is 0 Å². The van der Waals surface area contributed by atoms with Crippen LogP contribution in [-0.2, 0) is 9.53 Å². The van der Waals surface area contributed by atoms with Gasteiger partial charge in [-0.2, -0.15) is 0 Å². The summed E-state index contributed by atoms with van der Waals surface area (Å²) in [5.74, 6) is 2.85. The van der Waals surface area contributed by atoms with Gasteiger partial charge in [0, 0.05) is 11.3 Å². The molecule has 1 aliphatic heterocycles. The van der Waals surface area contributed by atoms with Crippen molar-refractivity contribution in [2.45, 2.75) is 84.7 Å². The van der Waals surface area contributed by atoms with Crippen molar-refractivity contribution in [2.24, 2.45) is 34.0 Å². The van der Waals surface area contributed by atoms with Gasteiger partial charge in [-0.15, -0.1) is 0 Å². The average Bonchev–Trinajstić information content (AvgIpc) is 3.07. The molecule has 2 saturated carbocycles. The fourth-order valence-corrected chi connectivity index (χ4v) is 8.79. The molecule has 6 rings (SSSR count). The lowest BCUT2D eigenvalue weighted by molar-refractivity contribution is -0.155. The van der Waals surface area contributed by atoms with E-state index in [2.05, 4.69) is 64.1 Å². The Labute approximate surface area is 198 Å². The number of ether oxygens (including phenoxy) is 1. The molecule has 0 spiro atoms. The molecule has 7 atom stereocenters. The summed E-state index contributed by atoms with van der Waals surface area (Å²) in [6.45, 7) is 8.99. The van der Waals surface area contributed by atoms with E-state index in [4.69, 9.17) is 4.74 Å². The zero-order valence-corrected chi connectivity index (χ0v) is 20.6. The lowest BCUT2D eigenvalue weighted by atomic mass is 9.48. The second-order valence-corrected chi connectivity index (χ2v) is 12.6. The third kappa shape index (κ3) is 2.87. The highest BCUT2D eigenvalue weighted by atomic mass is 16.5. The van der Waals surface area contributed by atoms with E-state index in [1.165, 1.54) is 23.1 Å². The maximum Gasteiger partial charge on any atom is 0.317 e. The van der Waals surface area contributed by atoms with E-state index in [1.54, 1.807) is 0 Å². The molecule has 2 fully saturated rings. The lowest BCUT2D eigenvalue weighted by Crippen LogP contribution is -2.50. The van der Waals surface area contributed by atoms with Crippen molar-refractivity contribution in [3.8, 4) is 0 Å². The number of benzene rings is 1. The number of allylic oxidation sites excluding steroid dienone is 3. The van der Waals surface area contributed by atoms with Gasteiger partial charge in [-0.25, -0.2) is 0 Å². The molecule has 1 aromatic rings. The van der Waals surface area contributed by atoms with Crippen LogP contribution in [0.15, 0.2) is 53.3 Å². The highest BCUT2D eigenvalue weighted by molar-refractivity contribution is 5.81. The van der Waals surface area contributed by atoms with E-state index in [0.717, 1.165) is 44.3 Å². The molecule has 0 aromatic heterocycles. The Kier molecular flexibility index (Phi) is 4.64. The lowest BCUT2D eigenvalue weighted by Gasteiger charge is -2.57. The molecule has 3 heteroatoms. The predicted octanol–water partition coefficient (Wildman–Crippen LogP) is 6.54. The molecule has 0 amide bonds. The van der Waals surface area contributed by atoms with Crippen molar-refractivity contribution < 1.29 is 14.6 Å². The van der Waals surface area contributed by atoms with E-state index >= 15 is 0 Å². The highest BCUT2D eigenvalue weighted by Crippen LogP contribution is 2.69. The molecule has 0 radical (unpaired) electrons. The quantitative estimate of drug-likeness (QED) is 0.393. The Morgan fingerprint density at radius 3 is 2.42 bits per heavy atom. The highest BCUT2D eigenvalue weighted by Gasteiger charge is 2.62. The number of carbonyl (C=O) groups is 1. The number of hydrogen-bond donors (Lipinski definition) is 1. The Bertz CT molecular complexity index is 1050. The first-order valence-electron chi connectivity index (χ1n) is 13.0. The molecule has 1 N–H and O–H groups in total. The van der Waals surface area contributed by atoms with Gasteiger partial charge in [0.05, 0.1) is 11.5 Å². The minimum Gasteiger partial charge on any atom is -0.430 e. The molecule has 0 saturated heterocycles. The van der Waals surface area contributed by atoms with Crippen LogP contribution in [0, 0.1) is 34.0 Å². The number of rotatable bonds is 1. The van der Waals surface area contributed by atoms with E-state index in [9.17, 15) is 9.90 Å². The fourth-order valence-electron chi connectivity index (χ4n) is 8.79. The molecule has 0 bridgehead atoms. The van der Waals surface area contributed by atoms with Gasteiger partial charge in [-0.05, 0) is 93.1 Å². The Hall–Kier alpha value is -1.87. The fraction of sp³-hybridized carbons (Fsp3) is 0.633. The molecular formula is C30H38O3. The van der Waals surface area contributed by atoms with Gasteiger partial charge >= 0.3 is 5.97 Å². The average molecular weight is 447 g/mol. The zero-order valence-electron chi connectivity index (χ0n) is 20.6. The standard InChI is InChI=1S/C30H38O3/c1-28(2)25(18-8-6-5-7-9-18)22-17-24-21-11-10-19-16-20(31)12-14-29(19,3)23(21)13-15-30(24,4)26(22)33-27(28)32/h5-10,20-21,23-25,31H,11-17H2,1-4H3/t20-,21+,23-,24-,25-,29-,30-/m0/s1. The van der Waals surface area contributed by atoms with Crippen LogP contribution in [0.4, 0.5) is 0 Å². The Morgan fingerprint density at radius 1 is 0.939 bits per heavy atom. The van der Waals surface area contributed by atoms with Crippen molar-refractivity contribution in [1.29, 1.82) is 0 Å². The van der Waals surface area contributed by atoms with Crippen LogP contribution in [0.3, 0.4) is 0 Å². The molecule has 5 aliphatic rings. The van der Waals surface area contributed by atoms with E-state index in [1.807, 2.05) is 0 Å². The van der Waals surface area contributed by atoms with Crippen LogP contribution in [-0.4, -0.2) is 17.2 Å². The summed E-state index contributed by atoms with van der Waals surface area (Å²) in [4.78, 5) is 13.3. The van der Waals surface area contributed by atoms with Gasteiger partial charge in [0.1, 0.15) is 5.76 Å². The van der Waals surface area contributed by atoms with Crippen molar-refractivity contribution in [3.63, 3.8) is 0 Å². The molecule has 1 aromatic carbocycles. The summed E-state index contributed by atoms with van der Waals surface area (Å²) in [6, 6.07) is 10.6. The summed E-state index contributed by atoms with van der Waals surface area (Å²) >= 11 is 0. The number of fused-ring (bicyclic) bond motifs is 6. The normalized spacial score (nSPS) is 43.6. The monoisotopic (exact) mass is 446 g/mol. The first-order valence-corrected chi connectivity index (χ1v) is 13.0. The molecule has 4 aliphatic carbocycles. The summed E-state index contributed by atoms with van der Waals surface area (Å²) in [7, 11) is 0. The Balaban J connectivity index is 1.41. The van der Waals surface area contributed by atoms with Crippen LogP contribution in [0.25, 0.3) is 0 Å². The predicted molar refractivity (Wildman–Crippen MR) is 129 cm³/mol. The van der Waals surface area contributed by atoms with Crippen molar-refractivity contribution in [3.05, 3.63) is 58.9 Å². The number of esters is 1. The van der Waals surface area contributed by atoms with Crippen LogP contribution in [0.1, 0.15) is 84.1 Å². The SMILES string of the molecule is CC1(C)C(=O)OC2=C(C[C@H]3[C@@H]4CC=C5C[C@@H](O)CC[C@]5(C)[C@H]4CC[C@]23C)[C@@H]1c1ccccc1. The second kappa shape index (κ2) is 7.07. The summed E-state index contributed by atoms with van der Waals surface area (Å²) in [6.07, 6.45) is 9.65. The Morgan fingerprint density at radius 2 is 1.67 bits per heavy atom. The van der Waals surface area contributed by atoms with Crippen molar-refractivity contribution in [2.75, 3.05) is 0 Å². The van der Waals surface area contributed by atoms with Crippen molar-refractivity contribution in [1.82, 2.24) is 0 Å². The molecule has 33 heavy (non-hydrogen) atoms. The zero-order chi connectivity index (χ0) is 23.2. The maximum atomic E-state index is 13.3. The third-order valence-electron chi connectivity index (χ3n) is 10.6. The summed E-state index contributed by atoms with van der Waals surface area (Å²) < 4.78 is 6.27. The first kappa shape index (κ1) is 21.6. The number of aliphatic hydroxyl groups is 1. The molecular weight excluding hydrogens is 408 g/mol. The van der Waals surface area contributed by atoms with Crippen LogP contribution in [0.2, 0.25) is 0 Å². The summed E-state index contributed by atoms with van der Waals surface area (Å²) in [5.41, 5.74) is 3.75. The molecule has 176 valence electrons. The molecule has 0 unspecified atom stereocenters. The third-order valence-corrected chi connectivity index (χ3v) is 10.6. The minimum absolute atomic E-state index is 0.0500. The van der Waals surface area contributed by atoms with Gasteiger partial charge in [-0.3, -0.25) is 4.79 Å². The van der Waals surface area contributed by atoms with Crippen LogP contribution in [0.5, 0.6) is 0 Å². The second-order valence-electron chi connectivity index (χ2n) is 12.6. The van der Waals surface area contributed by atoms with Gasteiger partial charge in [0.15, 0.2) is 0 Å². The van der Waals surface area contributed by atoms with E-state index in [-0.39, 0.29) is 28.8 Å². The number of hydrogen-bond acceptors (Lipinski definition) is 3. The van der Waals surface area contributed by atoms with Gasteiger partial charge in [0.2, 0.25) is 0 Å². The van der Waals surface area contributed by atoms with E-state index in [0.29, 0.717) is 17.8 Å². The molecule has 1 heterocycles. The minimum atomic E-state index is -0.561. The topological polar surface area (TPSA) is 46.5 Å². The summed E-state index contributed by atoms with van der Waals surface area (Å²) in [5, 5.41) is 10.3. The van der Waals surface area contributed by atoms with Crippen molar-refractivity contribution >= 4 is 5.97 Å². The van der Waals surface area contributed by atoms with Crippen LogP contribution >= 0.6 is 0 Å². The first-order chi connectivity index (χ1) is 15.7. The van der Waals surface area contributed by atoms with Gasteiger partial charge in [-0.1, -0.05) is 55.8 Å². The van der Waals surface area contributed by atoms with E-state index < -0.39 is 5.41 Å².